The third-order valence-electron chi connectivity index (χ3n) is 6.80. The summed E-state index contributed by atoms with van der Waals surface area (Å²) in [4.78, 5) is 24.8. The number of hydrogen-bond acceptors (Lipinski definition) is 7. The Balaban J connectivity index is 1.14. The number of carbonyl (C=O) groups excluding carboxylic acids is 1. The number of fused-ring (bicyclic) bond motifs is 1. The molecular formula is C26H32N4O3S. The average molecular weight is 481 g/mol. The first-order valence-corrected chi connectivity index (χ1v) is 12.9. The molecule has 3 aromatic rings. The van der Waals surface area contributed by atoms with Gasteiger partial charge in [-0.1, -0.05) is 11.3 Å². The number of hydrogen-bond donors (Lipinski definition) is 0. The number of rotatable bonds is 6. The molecule has 3 heterocycles. The Labute approximate surface area is 204 Å². The van der Waals surface area contributed by atoms with Gasteiger partial charge < -0.3 is 24.2 Å². The SMILES string of the molecule is CCOc1ccc2nc(N3CCC(C(=O)N4CCN(c5ccc(OC)cc5)CC4)CC3)sc2c1. The second-order valence-corrected chi connectivity index (χ2v) is 9.84. The number of aromatic nitrogens is 1. The Hall–Kier alpha value is -3.00. The van der Waals surface area contributed by atoms with Crippen molar-refractivity contribution >= 4 is 38.3 Å². The number of ether oxygens (including phenoxy) is 2. The highest BCUT2D eigenvalue weighted by atomic mass is 32.1. The molecule has 5 rings (SSSR count). The number of nitrogens with zero attached hydrogens (tertiary/aromatic N) is 4. The standard InChI is InChI=1S/C26H32N4O3S/c1-3-33-22-8-9-23-24(18-22)34-26(27-23)30-12-10-19(11-13-30)25(31)29-16-14-28(15-17-29)20-4-6-21(32-2)7-5-20/h4-9,18-19H,3,10-17H2,1-2H3. The fourth-order valence-electron chi connectivity index (χ4n) is 4.84. The van der Waals surface area contributed by atoms with Crippen LogP contribution >= 0.6 is 11.3 Å². The van der Waals surface area contributed by atoms with Gasteiger partial charge in [-0.3, -0.25) is 4.79 Å². The number of carbonyl (C=O) groups is 1. The molecule has 1 aromatic heterocycles. The van der Waals surface area contributed by atoms with Crippen LogP contribution in [-0.2, 0) is 4.79 Å². The van der Waals surface area contributed by atoms with Crippen LogP contribution < -0.4 is 19.3 Å². The summed E-state index contributed by atoms with van der Waals surface area (Å²) >= 11 is 1.71. The van der Waals surface area contributed by atoms with E-state index in [4.69, 9.17) is 14.5 Å². The van der Waals surface area contributed by atoms with Gasteiger partial charge in [-0.05, 0) is 62.2 Å². The fourth-order valence-corrected chi connectivity index (χ4v) is 5.88. The quantitative estimate of drug-likeness (QED) is 0.525. The van der Waals surface area contributed by atoms with Gasteiger partial charge in [0.25, 0.3) is 0 Å². The summed E-state index contributed by atoms with van der Waals surface area (Å²) < 4.78 is 12.0. The largest absolute Gasteiger partial charge is 0.497 e. The normalized spacial score (nSPS) is 17.3. The van der Waals surface area contributed by atoms with Gasteiger partial charge >= 0.3 is 0 Å². The molecule has 1 amide bonds. The molecule has 0 atom stereocenters. The van der Waals surface area contributed by atoms with E-state index in [1.54, 1.807) is 18.4 Å². The van der Waals surface area contributed by atoms with Crippen molar-refractivity contribution in [3.05, 3.63) is 42.5 Å². The summed E-state index contributed by atoms with van der Waals surface area (Å²) in [5.41, 5.74) is 2.20. The molecule has 0 radical (unpaired) electrons. The van der Waals surface area contributed by atoms with Crippen LogP contribution in [0.1, 0.15) is 19.8 Å². The van der Waals surface area contributed by atoms with E-state index in [1.165, 1.54) is 5.69 Å². The summed E-state index contributed by atoms with van der Waals surface area (Å²) in [5.74, 6) is 2.19. The average Bonchev–Trinajstić information content (AvgIpc) is 3.32. The third-order valence-corrected chi connectivity index (χ3v) is 7.88. The maximum Gasteiger partial charge on any atom is 0.225 e. The first-order chi connectivity index (χ1) is 16.6. The van der Waals surface area contributed by atoms with Gasteiger partial charge in [-0.15, -0.1) is 0 Å². The molecule has 0 spiro atoms. The number of piperidine rings is 1. The van der Waals surface area contributed by atoms with E-state index >= 15 is 0 Å². The van der Waals surface area contributed by atoms with Gasteiger partial charge in [0, 0.05) is 50.9 Å². The van der Waals surface area contributed by atoms with Gasteiger partial charge in [-0.2, -0.15) is 0 Å². The molecule has 2 aromatic carbocycles. The van der Waals surface area contributed by atoms with E-state index < -0.39 is 0 Å². The Morgan fingerprint density at radius 2 is 1.68 bits per heavy atom. The number of methoxy groups -OCH3 is 1. The van der Waals surface area contributed by atoms with E-state index in [9.17, 15) is 4.79 Å². The van der Waals surface area contributed by atoms with Crippen LogP contribution in [0.15, 0.2) is 42.5 Å². The zero-order valence-electron chi connectivity index (χ0n) is 19.9. The monoisotopic (exact) mass is 480 g/mol. The van der Waals surface area contributed by atoms with Gasteiger partial charge in [0.05, 0.1) is 23.9 Å². The van der Waals surface area contributed by atoms with Crippen LogP contribution in [0.4, 0.5) is 10.8 Å². The lowest BCUT2D eigenvalue weighted by molar-refractivity contribution is -0.136. The molecule has 0 unspecified atom stereocenters. The number of benzene rings is 2. The molecule has 2 aliphatic heterocycles. The predicted octanol–water partition coefficient (Wildman–Crippen LogP) is 4.27. The van der Waals surface area contributed by atoms with Crippen molar-refractivity contribution in [2.45, 2.75) is 19.8 Å². The summed E-state index contributed by atoms with van der Waals surface area (Å²) in [6.07, 6.45) is 1.77. The van der Waals surface area contributed by atoms with Crippen LogP contribution in [0, 0.1) is 5.92 Å². The van der Waals surface area contributed by atoms with Crippen molar-refractivity contribution in [1.82, 2.24) is 9.88 Å². The number of thiazole rings is 1. The zero-order valence-corrected chi connectivity index (χ0v) is 20.7. The highest BCUT2D eigenvalue weighted by Crippen LogP contribution is 2.34. The fraction of sp³-hybridized carbons (Fsp3) is 0.462. The molecule has 0 bridgehead atoms. The first kappa shape index (κ1) is 22.8. The molecule has 2 fully saturated rings. The number of piperazine rings is 1. The third kappa shape index (κ3) is 4.78. The second kappa shape index (κ2) is 10.1. The smallest absolute Gasteiger partial charge is 0.225 e. The maximum absolute atomic E-state index is 13.2. The highest BCUT2D eigenvalue weighted by molar-refractivity contribution is 7.22. The highest BCUT2D eigenvalue weighted by Gasteiger charge is 2.31. The predicted molar refractivity (Wildman–Crippen MR) is 138 cm³/mol. The van der Waals surface area contributed by atoms with Crippen molar-refractivity contribution in [3.8, 4) is 11.5 Å². The van der Waals surface area contributed by atoms with E-state index in [1.807, 2.05) is 31.2 Å². The van der Waals surface area contributed by atoms with Gasteiger partial charge in [0.1, 0.15) is 11.5 Å². The molecule has 2 saturated heterocycles. The Bertz CT molecular complexity index is 1120. The van der Waals surface area contributed by atoms with Crippen molar-refractivity contribution in [2.24, 2.45) is 5.92 Å². The first-order valence-electron chi connectivity index (χ1n) is 12.1. The van der Waals surface area contributed by atoms with Gasteiger partial charge in [0.15, 0.2) is 5.13 Å². The zero-order chi connectivity index (χ0) is 23.5. The Morgan fingerprint density at radius 1 is 0.971 bits per heavy atom. The molecule has 8 heteroatoms. The van der Waals surface area contributed by atoms with E-state index in [0.29, 0.717) is 12.5 Å². The lowest BCUT2D eigenvalue weighted by atomic mass is 9.95. The molecule has 0 N–H and O–H groups in total. The molecule has 180 valence electrons. The molecular weight excluding hydrogens is 448 g/mol. The Kier molecular flexibility index (Phi) is 6.76. The van der Waals surface area contributed by atoms with Crippen LogP contribution in [0.2, 0.25) is 0 Å². The Morgan fingerprint density at radius 3 is 2.35 bits per heavy atom. The molecule has 34 heavy (non-hydrogen) atoms. The van der Waals surface area contributed by atoms with Crippen molar-refractivity contribution in [2.75, 3.05) is 62.8 Å². The van der Waals surface area contributed by atoms with Crippen molar-refractivity contribution in [1.29, 1.82) is 0 Å². The van der Waals surface area contributed by atoms with Crippen LogP contribution in [0.5, 0.6) is 11.5 Å². The van der Waals surface area contributed by atoms with E-state index in [-0.39, 0.29) is 5.92 Å². The minimum atomic E-state index is 0.114. The van der Waals surface area contributed by atoms with Gasteiger partial charge in [0.2, 0.25) is 5.91 Å². The summed E-state index contributed by atoms with van der Waals surface area (Å²) in [5, 5.41) is 1.04. The van der Waals surface area contributed by atoms with Crippen LogP contribution in [0.25, 0.3) is 10.2 Å². The van der Waals surface area contributed by atoms with E-state index in [0.717, 1.165) is 79.0 Å². The minimum Gasteiger partial charge on any atom is -0.497 e. The molecule has 2 aliphatic rings. The molecule has 7 nitrogen and oxygen atoms in total. The summed E-state index contributed by atoms with van der Waals surface area (Å²) in [6, 6.07) is 14.2. The lowest BCUT2D eigenvalue weighted by Gasteiger charge is -2.39. The minimum absolute atomic E-state index is 0.114. The van der Waals surface area contributed by atoms with E-state index in [2.05, 4.69) is 32.9 Å². The van der Waals surface area contributed by atoms with Crippen LogP contribution in [0.3, 0.4) is 0 Å². The van der Waals surface area contributed by atoms with Crippen molar-refractivity contribution < 1.29 is 14.3 Å². The topological polar surface area (TPSA) is 58.1 Å². The van der Waals surface area contributed by atoms with Crippen molar-refractivity contribution in [3.63, 3.8) is 0 Å². The summed E-state index contributed by atoms with van der Waals surface area (Å²) in [7, 11) is 1.68. The van der Waals surface area contributed by atoms with Gasteiger partial charge in [-0.25, -0.2) is 4.98 Å². The lowest BCUT2D eigenvalue weighted by Crippen LogP contribution is -2.51. The summed E-state index contributed by atoms with van der Waals surface area (Å²) in [6.45, 7) is 7.71. The van der Waals surface area contributed by atoms with Crippen LogP contribution in [-0.4, -0.2) is 68.8 Å². The molecule has 0 saturated carbocycles. The maximum atomic E-state index is 13.2. The number of anilines is 2. The second-order valence-electron chi connectivity index (χ2n) is 8.83. The number of amides is 1. The molecule has 0 aliphatic carbocycles.